The number of carbonyl (C=O) groups excluding carboxylic acids is 1. The minimum atomic E-state index is -3.13. The van der Waals surface area contributed by atoms with E-state index in [2.05, 4.69) is 0 Å². The number of hydrogen-bond acceptors (Lipinski definition) is 6. The highest BCUT2D eigenvalue weighted by Crippen LogP contribution is 2.32. The van der Waals surface area contributed by atoms with Crippen LogP contribution in [0.2, 0.25) is 0 Å². The van der Waals surface area contributed by atoms with Crippen molar-refractivity contribution in [2.24, 2.45) is 0 Å². The van der Waals surface area contributed by atoms with Crippen LogP contribution in [0.5, 0.6) is 0 Å². The van der Waals surface area contributed by atoms with Crippen molar-refractivity contribution in [1.82, 2.24) is 9.47 Å². The van der Waals surface area contributed by atoms with Crippen molar-refractivity contribution in [2.45, 2.75) is 37.9 Å². The second-order valence-corrected chi connectivity index (χ2v) is 8.43. The summed E-state index contributed by atoms with van der Waals surface area (Å²) in [6, 6.07) is 1.77. The lowest BCUT2D eigenvalue weighted by atomic mass is 10.2. The van der Waals surface area contributed by atoms with Crippen molar-refractivity contribution in [3.05, 3.63) is 38.8 Å². The summed E-state index contributed by atoms with van der Waals surface area (Å²) in [5, 5.41) is 10.8. The minimum Gasteiger partial charge on any atom is -0.334 e. The van der Waals surface area contributed by atoms with Crippen LogP contribution in [-0.4, -0.2) is 52.3 Å². The predicted molar refractivity (Wildman–Crippen MR) is 84.3 cm³/mol. The molecule has 10 heteroatoms. The SMILES string of the molecule is O=C(Cn1cc([N+](=O)[O-])ccc1=O)N(C1CC1)[C@@H]1CCS(=O)(=O)C1. The summed E-state index contributed by atoms with van der Waals surface area (Å²) < 4.78 is 24.3. The summed E-state index contributed by atoms with van der Waals surface area (Å²) in [6.45, 7) is -0.326. The predicted octanol–water partition coefficient (Wildman–Crippen LogP) is -0.0654. The van der Waals surface area contributed by atoms with Crippen LogP contribution in [0, 0.1) is 10.1 Å². The Bertz CT molecular complexity index is 842. The Balaban J connectivity index is 1.81. The number of nitrogens with zero attached hydrogens (tertiary/aromatic N) is 3. The molecule has 0 unspecified atom stereocenters. The topological polar surface area (TPSA) is 120 Å². The lowest BCUT2D eigenvalue weighted by molar-refractivity contribution is -0.385. The molecule has 2 aliphatic rings. The maximum absolute atomic E-state index is 12.6. The molecule has 1 aliphatic heterocycles. The van der Waals surface area contributed by atoms with Crippen molar-refractivity contribution >= 4 is 21.4 Å². The molecule has 0 aromatic carbocycles. The number of amides is 1. The van der Waals surface area contributed by atoms with Crippen LogP contribution in [0.25, 0.3) is 0 Å². The molecular weight excluding hydrogens is 338 g/mol. The number of nitro groups is 1. The van der Waals surface area contributed by atoms with Crippen LogP contribution < -0.4 is 5.56 Å². The number of pyridine rings is 1. The third kappa shape index (κ3) is 3.48. The van der Waals surface area contributed by atoms with Crippen molar-refractivity contribution in [1.29, 1.82) is 0 Å². The van der Waals surface area contributed by atoms with Crippen LogP contribution in [0.15, 0.2) is 23.1 Å². The average molecular weight is 355 g/mol. The van der Waals surface area contributed by atoms with E-state index in [1.807, 2.05) is 0 Å². The quantitative estimate of drug-likeness (QED) is 0.539. The molecule has 1 aromatic rings. The van der Waals surface area contributed by atoms with E-state index in [1.165, 1.54) is 0 Å². The van der Waals surface area contributed by atoms with Crippen molar-refractivity contribution in [3.8, 4) is 0 Å². The maximum Gasteiger partial charge on any atom is 0.285 e. The average Bonchev–Trinajstić information content (AvgIpc) is 3.25. The highest BCUT2D eigenvalue weighted by Gasteiger charge is 2.42. The summed E-state index contributed by atoms with van der Waals surface area (Å²) in [5.41, 5.74) is -0.785. The third-order valence-electron chi connectivity index (χ3n) is 4.31. The van der Waals surface area contributed by atoms with Gasteiger partial charge >= 0.3 is 0 Å². The van der Waals surface area contributed by atoms with Gasteiger partial charge in [0.15, 0.2) is 9.84 Å². The highest BCUT2D eigenvalue weighted by molar-refractivity contribution is 7.91. The van der Waals surface area contributed by atoms with Gasteiger partial charge in [-0.15, -0.1) is 0 Å². The van der Waals surface area contributed by atoms with Gasteiger partial charge in [0.1, 0.15) is 6.54 Å². The second-order valence-electron chi connectivity index (χ2n) is 6.20. The fourth-order valence-electron chi connectivity index (χ4n) is 3.03. The second kappa shape index (κ2) is 6.00. The summed E-state index contributed by atoms with van der Waals surface area (Å²) in [7, 11) is -3.13. The van der Waals surface area contributed by atoms with Crippen LogP contribution in [0.3, 0.4) is 0 Å². The number of carbonyl (C=O) groups is 1. The van der Waals surface area contributed by atoms with E-state index < -0.39 is 20.3 Å². The molecule has 2 fully saturated rings. The first-order valence-corrected chi connectivity index (χ1v) is 9.45. The molecule has 1 saturated heterocycles. The normalized spacial score (nSPS) is 22.2. The molecule has 0 bridgehead atoms. The molecule has 1 amide bonds. The molecule has 2 heterocycles. The minimum absolute atomic E-state index is 0.00481. The third-order valence-corrected chi connectivity index (χ3v) is 6.06. The summed E-state index contributed by atoms with van der Waals surface area (Å²) in [4.78, 5) is 36.2. The smallest absolute Gasteiger partial charge is 0.285 e. The van der Waals surface area contributed by atoms with Crippen molar-refractivity contribution < 1.29 is 18.1 Å². The van der Waals surface area contributed by atoms with E-state index in [9.17, 15) is 28.1 Å². The number of aromatic nitrogens is 1. The molecule has 130 valence electrons. The summed E-state index contributed by atoms with van der Waals surface area (Å²) >= 11 is 0. The lowest BCUT2D eigenvalue weighted by Crippen LogP contribution is -2.45. The Morgan fingerprint density at radius 2 is 2.00 bits per heavy atom. The van der Waals surface area contributed by atoms with E-state index >= 15 is 0 Å². The monoisotopic (exact) mass is 355 g/mol. The van der Waals surface area contributed by atoms with Crippen LogP contribution >= 0.6 is 0 Å². The highest BCUT2D eigenvalue weighted by atomic mass is 32.2. The molecule has 1 saturated carbocycles. The van der Waals surface area contributed by atoms with E-state index in [-0.39, 0.29) is 41.7 Å². The fraction of sp³-hybridized carbons (Fsp3) is 0.571. The largest absolute Gasteiger partial charge is 0.334 e. The number of sulfone groups is 1. The van der Waals surface area contributed by atoms with Gasteiger partial charge in [-0.05, 0) is 19.3 Å². The van der Waals surface area contributed by atoms with Gasteiger partial charge in [-0.1, -0.05) is 0 Å². The Morgan fingerprint density at radius 1 is 1.29 bits per heavy atom. The molecule has 24 heavy (non-hydrogen) atoms. The van der Waals surface area contributed by atoms with E-state index in [1.54, 1.807) is 4.90 Å². The zero-order valence-electron chi connectivity index (χ0n) is 12.8. The van der Waals surface area contributed by atoms with Gasteiger partial charge in [-0.3, -0.25) is 24.3 Å². The van der Waals surface area contributed by atoms with E-state index in [0.29, 0.717) is 6.42 Å². The molecule has 0 N–H and O–H groups in total. The molecule has 3 rings (SSSR count). The van der Waals surface area contributed by atoms with Crippen molar-refractivity contribution in [2.75, 3.05) is 11.5 Å². The summed E-state index contributed by atoms with van der Waals surface area (Å²) in [6.07, 6.45) is 3.06. The molecule has 1 aromatic heterocycles. The first kappa shape index (κ1) is 16.6. The molecule has 0 radical (unpaired) electrons. The van der Waals surface area contributed by atoms with Gasteiger partial charge < -0.3 is 4.90 Å². The Labute approximate surface area is 137 Å². The first-order chi connectivity index (χ1) is 11.3. The molecule has 9 nitrogen and oxygen atoms in total. The Hall–Kier alpha value is -2.23. The molecule has 1 atom stereocenters. The molecule has 1 aliphatic carbocycles. The molecule has 0 spiro atoms. The lowest BCUT2D eigenvalue weighted by Gasteiger charge is -2.28. The first-order valence-electron chi connectivity index (χ1n) is 7.63. The summed E-state index contributed by atoms with van der Waals surface area (Å²) in [5.74, 6) is -0.369. The van der Waals surface area contributed by atoms with Crippen LogP contribution in [0.1, 0.15) is 19.3 Å². The van der Waals surface area contributed by atoms with Gasteiger partial charge in [0.2, 0.25) is 5.91 Å². The Kier molecular flexibility index (Phi) is 4.16. The van der Waals surface area contributed by atoms with Gasteiger partial charge in [-0.25, -0.2) is 8.42 Å². The standard InChI is InChI=1S/C14H17N3O6S/c18-13-4-3-11(17(20)21)7-15(13)8-14(19)16(10-1-2-10)12-5-6-24(22,23)9-12/h3-4,7,10,12H,1-2,5-6,8-9H2/t12-/m1/s1. The number of rotatable bonds is 5. The van der Waals surface area contributed by atoms with Gasteiger partial charge in [-0.2, -0.15) is 0 Å². The van der Waals surface area contributed by atoms with E-state index in [0.717, 1.165) is 35.7 Å². The Morgan fingerprint density at radius 3 is 2.54 bits per heavy atom. The van der Waals surface area contributed by atoms with Gasteiger partial charge in [0, 0.05) is 24.2 Å². The van der Waals surface area contributed by atoms with Gasteiger partial charge in [0.25, 0.3) is 11.2 Å². The zero-order chi connectivity index (χ0) is 17.5. The van der Waals surface area contributed by atoms with Crippen LogP contribution in [-0.2, 0) is 21.2 Å². The molecular formula is C14H17N3O6S. The zero-order valence-corrected chi connectivity index (χ0v) is 13.6. The maximum atomic E-state index is 12.6. The van der Waals surface area contributed by atoms with E-state index in [4.69, 9.17) is 0 Å². The number of hydrogen-bond donors (Lipinski definition) is 0. The fourth-order valence-corrected chi connectivity index (χ4v) is 4.74. The van der Waals surface area contributed by atoms with Crippen LogP contribution in [0.4, 0.5) is 5.69 Å². The van der Waals surface area contributed by atoms with Gasteiger partial charge in [0.05, 0.1) is 22.6 Å². The van der Waals surface area contributed by atoms with Crippen molar-refractivity contribution in [3.63, 3.8) is 0 Å².